The third-order valence-electron chi connectivity index (χ3n) is 4.94. The van der Waals surface area contributed by atoms with Crippen molar-refractivity contribution in [2.24, 2.45) is 5.41 Å². The number of carbonyl (C=O) groups is 1. The van der Waals surface area contributed by atoms with Crippen molar-refractivity contribution in [2.75, 3.05) is 19.6 Å². The number of likely N-dealkylation sites (tertiary alicyclic amines) is 1. The lowest BCUT2D eigenvalue weighted by atomic mass is 9.80. The van der Waals surface area contributed by atoms with Crippen LogP contribution in [0.4, 0.5) is 0 Å². The van der Waals surface area contributed by atoms with Crippen molar-refractivity contribution in [3.8, 4) is 0 Å². The lowest BCUT2D eigenvalue weighted by Gasteiger charge is -2.41. The molecule has 2 rings (SSSR count). The zero-order chi connectivity index (χ0) is 13.7. The quantitative estimate of drug-likeness (QED) is 0.830. The number of amides is 1. The van der Waals surface area contributed by atoms with Gasteiger partial charge in [-0.15, -0.1) is 0 Å². The molecule has 3 nitrogen and oxygen atoms in total. The molecule has 2 atom stereocenters. The van der Waals surface area contributed by atoms with Crippen molar-refractivity contribution in [1.29, 1.82) is 0 Å². The number of nitrogens with zero attached hydrogens (tertiary/aromatic N) is 1. The minimum absolute atomic E-state index is 0.0852. The molecule has 2 heterocycles. The first kappa shape index (κ1) is 14.8. The maximum Gasteiger partial charge on any atom is 0.230 e. The highest BCUT2D eigenvalue weighted by Gasteiger charge is 2.44. The number of hydrogen-bond donors (Lipinski definition) is 1. The fraction of sp³-hybridized carbons (Fsp3) is 0.938. The lowest BCUT2D eigenvalue weighted by Crippen LogP contribution is -2.51. The van der Waals surface area contributed by atoms with E-state index in [1.165, 1.54) is 32.1 Å². The highest BCUT2D eigenvalue weighted by molar-refractivity contribution is 5.83. The minimum atomic E-state index is -0.0852. The SMILES string of the molecule is CCCC1CCCCN1C(=O)C1(CCC)CCNC1. The molecule has 0 aliphatic carbocycles. The minimum Gasteiger partial charge on any atom is -0.339 e. The Morgan fingerprint density at radius 3 is 2.79 bits per heavy atom. The van der Waals surface area contributed by atoms with Gasteiger partial charge in [-0.2, -0.15) is 0 Å². The van der Waals surface area contributed by atoms with E-state index in [0.29, 0.717) is 11.9 Å². The molecular weight excluding hydrogens is 236 g/mol. The van der Waals surface area contributed by atoms with Crippen LogP contribution in [0.2, 0.25) is 0 Å². The third-order valence-corrected chi connectivity index (χ3v) is 4.94. The van der Waals surface area contributed by atoms with Gasteiger partial charge in [0, 0.05) is 19.1 Å². The molecule has 2 unspecified atom stereocenters. The van der Waals surface area contributed by atoms with Crippen molar-refractivity contribution in [3.63, 3.8) is 0 Å². The maximum absolute atomic E-state index is 13.1. The van der Waals surface area contributed by atoms with E-state index in [2.05, 4.69) is 24.1 Å². The van der Waals surface area contributed by atoms with Gasteiger partial charge in [-0.25, -0.2) is 0 Å². The Morgan fingerprint density at radius 2 is 2.16 bits per heavy atom. The Hall–Kier alpha value is -0.570. The molecule has 0 spiro atoms. The van der Waals surface area contributed by atoms with Gasteiger partial charge in [0.25, 0.3) is 0 Å². The molecule has 0 aromatic heterocycles. The molecule has 1 N–H and O–H groups in total. The van der Waals surface area contributed by atoms with E-state index in [1.807, 2.05) is 0 Å². The van der Waals surface area contributed by atoms with Crippen molar-refractivity contribution >= 4 is 5.91 Å². The second-order valence-corrected chi connectivity index (χ2v) is 6.39. The summed E-state index contributed by atoms with van der Waals surface area (Å²) in [6.07, 6.45) is 9.28. The number of hydrogen-bond acceptors (Lipinski definition) is 2. The van der Waals surface area contributed by atoms with Gasteiger partial charge in [0.2, 0.25) is 5.91 Å². The van der Waals surface area contributed by atoms with Crippen LogP contribution < -0.4 is 5.32 Å². The van der Waals surface area contributed by atoms with Crippen LogP contribution in [0.15, 0.2) is 0 Å². The highest BCUT2D eigenvalue weighted by Crippen LogP contribution is 2.36. The second-order valence-electron chi connectivity index (χ2n) is 6.39. The van der Waals surface area contributed by atoms with Gasteiger partial charge >= 0.3 is 0 Å². The summed E-state index contributed by atoms with van der Waals surface area (Å²) in [7, 11) is 0. The van der Waals surface area contributed by atoms with E-state index >= 15 is 0 Å². The summed E-state index contributed by atoms with van der Waals surface area (Å²) in [6, 6.07) is 0.514. The number of piperidine rings is 1. The van der Waals surface area contributed by atoms with Gasteiger partial charge in [-0.1, -0.05) is 26.7 Å². The Kier molecular flexibility index (Phi) is 5.26. The smallest absolute Gasteiger partial charge is 0.230 e. The van der Waals surface area contributed by atoms with Crippen LogP contribution in [-0.2, 0) is 4.79 Å². The molecule has 3 heteroatoms. The van der Waals surface area contributed by atoms with Crippen LogP contribution in [-0.4, -0.2) is 36.5 Å². The van der Waals surface area contributed by atoms with E-state index in [9.17, 15) is 4.79 Å². The first-order chi connectivity index (χ1) is 9.23. The summed E-state index contributed by atoms with van der Waals surface area (Å²) in [5, 5.41) is 3.42. The highest BCUT2D eigenvalue weighted by atomic mass is 16.2. The van der Waals surface area contributed by atoms with E-state index in [0.717, 1.165) is 38.9 Å². The Bertz CT molecular complexity index is 295. The predicted octanol–water partition coefficient (Wildman–Crippen LogP) is 2.95. The fourth-order valence-electron chi connectivity index (χ4n) is 3.93. The molecule has 2 aliphatic heterocycles. The first-order valence-corrected chi connectivity index (χ1v) is 8.25. The van der Waals surface area contributed by atoms with E-state index < -0.39 is 0 Å². The number of nitrogens with one attached hydrogen (secondary N) is 1. The first-order valence-electron chi connectivity index (χ1n) is 8.25. The maximum atomic E-state index is 13.1. The molecule has 0 aromatic carbocycles. The summed E-state index contributed by atoms with van der Waals surface area (Å²) in [6.45, 7) is 7.34. The standard InChI is InChI=1S/C16H30N2O/c1-3-7-14-8-5-6-12-18(14)15(19)16(9-4-2)10-11-17-13-16/h14,17H,3-13H2,1-2H3. The largest absolute Gasteiger partial charge is 0.339 e. The van der Waals surface area contributed by atoms with Gasteiger partial charge in [0.05, 0.1) is 5.41 Å². The molecule has 2 fully saturated rings. The summed E-state index contributed by atoms with van der Waals surface area (Å²) in [4.78, 5) is 15.3. The molecule has 1 amide bonds. The van der Waals surface area contributed by atoms with Crippen molar-refractivity contribution in [3.05, 3.63) is 0 Å². The number of carbonyl (C=O) groups excluding carboxylic acids is 1. The molecule has 0 aromatic rings. The monoisotopic (exact) mass is 266 g/mol. The molecule has 2 aliphatic rings. The molecule has 0 radical (unpaired) electrons. The van der Waals surface area contributed by atoms with Gasteiger partial charge in [0.1, 0.15) is 0 Å². The van der Waals surface area contributed by atoms with Gasteiger partial charge < -0.3 is 10.2 Å². The lowest BCUT2D eigenvalue weighted by molar-refractivity contribution is -0.145. The van der Waals surface area contributed by atoms with Crippen molar-refractivity contribution < 1.29 is 4.79 Å². The van der Waals surface area contributed by atoms with E-state index in [1.54, 1.807) is 0 Å². The molecular formula is C16H30N2O. The zero-order valence-corrected chi connectivity index (χ0v) is 12.7. The summed E-state index contributed by atoms with van der Waals surface area (Å²) >= 11 is 0. The Labute approximate surface area is 118 Å². The fourth-order valence-corrected chi connectivity index (χ4v) is 3.93. The Morgan fingerprint density at radius 1 is 1.32 bits per heavy atom. The van der Waals surface area contributed by atoms with E-state index in [-0.39, 0.29) is 5.41 Å². The summed E-state index contributed by atoms with van der Waals surface area (Å²) in [5.74, 6) is 0.456. The van der Waals surface area contributed by atoms with Crippen LogP contribution in [0.1, 0.15) is 65.2 Å². The van der Waals surface area contributed by atoms with Crippen LogP contribution in [0.3, 0.4) is 0 Å². The third kappa shape index (κ3) is 3.13. The van der Waals surface area contributed by atoms with Crippen LogP contribution in [0.5, 0.6) is 0 Å². The average molecular weight is 266 g/mol. The van der Waals surface area contributed by atoms with Gasteiger partial charge in [-0.3, -0.25) is 4.79 Å². The predicted molar refractivity (Wildman–Crippen MR) is 79.1 cm³/mol. The van der Waals surface area contributed by atoms with Crippen molar-refractivity contribution in [1.82, 2.24) is 10.2 Å². The van der Waals surface area contributed by atoms with Gasteiger partial charge in [-0.05, 0) is 45.1 Å². The topological polar surface area (TPSA) is 32.3 Å². The van der Waals surface area contributed by atoms with Gasteiger partial charge in [0.15, 0.2) is 0 Å². The van der Waals surface area contributed by atoms with E-state index in [4.69, 9.17) is 0 Å². The molecule has 2 saturated heterocycles. The molecule has 0 bridgehead atoms. The second kappa shape index (κ2) is 6.74. The number of rotatable bonds is 5. The normalized spacial score (nSPS) is 31.7. The van der Waals surface area contributed by atoms with Crippen LogP contribution in [0.25, 0.3) is 0 Å². The molecule has 110 valence electrons. The molecule has 19 heavy (non-hydrogen) atoms. The molecule has 0 saturated carbocycles. The van der Waals surface area contributed by atoms with Crippen LogP contribution >= 0.6 is 0 Å². The summed E-state index contributed by atoms with van der Waals surface area (Å²) in [5.41, 5.74) is -0.0852. The summed E-state index contributed by atoms with van der Waals surface area (Å²) < 4.78 is 0. The van der Waals surface area contributed by atoms with Crippen molar-refractivity contribution in [2.45, 2.75) is 71.3 Å². The average Bonchev–Trinajstić information content (AvgIpc) is 2.89. The van der Waals surface area contributed by atoms with Crippen LogP contribution in [0, 0.1) is 5.41 Å². The zero-order valence-electron chi connectivity index (χ0n) is 12.7. The Balaban J connectivity index is 2.10.